The molecule has 0 aliphatic heterocycles. The Kier molecular flexibility index (Phi) is 3.15. The normalized spacial score (nSPS) is 10.2. The molecule has 1 heterocycles. The van der Waals surface area contributed by atoms with Gasteiger partial charge in [-0.25, -0.2) is 0 Å². The number of carbonyl (C=O) groups excluding carboxylic acids is 1. The molecular formula is C11H11N5O3. The molecular weight excluding hydrogens is 250 g/mol. The van der Waals surface area contributed by atoms with Crippen LogP contribution in [-0.2, 0) is 7.05 Å². The quantitative estimate of drug-likeness (QED) is 0.488. The van der Waals surface area contributed by atoms with E-state index in [1.54, 1.807) is 19.3 Å². The van der Waals surface area contributed by atoms with Crippen LogP contribution in [0, 0.1) is 10.1 Å². The highest BCUT2D eigenvalue weighted by Gasteiger charge is 2.19. The number of nitrogens with two attached hydrogens (primary N) is 1. The number of carbonyl (C=O) groups is 1. The summed E-state index contributed by atoms with van der Waals surface area (Å²) in [6, 6.07) is 5.67. The van der Waals surface area contributed by atoms with Gasteiger partial charge in [0.1, 0.15) is 5.69 Å². The molecule has 0 saturated heterocycles. The minimum atomic E-state index is -0.632. The van der Waals surface area contributed by atoms with Gasteiger partial charge in [0.2, 0.25) is 0 Å². The molecule has 98 valence electrons. The zero-order chi connectivity index (χ0) is 14.0. The first kappa shape index (κ1) is 12.6. The van der Waals surface area contributed by atoms with Gasteiger partial charge in [0.05, 0.1) is 10.5 Å². The minimum Gasteiger partial charge on any atom is -0.393 e. The van der Waals surface area contributed by atoms with Crippen molar-refractivity contribution in [2.75, 3.05) is 11.1 Å². The number of benzene rings is 1. The van der Waals surface area contributed by atoms with Crippen molar-refractivity contribution in [3.8, 4) is 0 Å². The number of anilines is 2. The smallest absolute Gasteiger partial charge is 0.292 e. The van der Waals surface area contributed by atoms with Crippen molar-refractivity contribution in [3.05, 3.63) is 46.1 Å². The van der Waals surface area contributed by atoms with E-state index in [1.807, 2.05) is 0 Å². The Bertz CT molecular complexity index is 650. The van der Waals surface area contributed by atoms with Crippen LogP contribution in [0.2, 0.25) is 0 Å². The van der Waals surface area contributed by atoms with E-state index in [2.05, 4.69) is 10.4 Å². The Hall–Kier alpha value is -2.90. The maximum Gasteiger partial charge on any atom is 0.292 e. The van der Waals surface area contributed by atoms with Crippen molar-refractivity contribution in [3.63, 3.8) is 0 Å². The number of nitrogen functional groups attached to an aromatic ring is 1. The van der Waals surface area contributed by atoms with Gasteiger partial charge in [-0.1, -0.05) is 6.07 Å². The predicted octanol–water partition coefficient (Wildman–Crippen LogP) is 1.16. The maximum absolute atomic E-state index is 12.0. The van der Waals surface area contributed by atoms with Crippen molar-refractivity contribution >= 4 is 23.1 Å². The molecule has 0 spiro atoms. The number of aromatic nitrogens is 2. The molecule has 1 amide bonds. The molecule has 2 aromatic rings. The standard InChI is InChI=1S/C11H11N5O3/c1-15-6-5-9(14-15)13-11(17)7-3-2-4-8(10(7)12)16(18)19/h2-6H,12H2,1H3,(H,13,14,17). The van der Waals surface area contributed by atoms with Crippen molar-refractivity contribution in [2.24, 2.45) is 7.05 Å². The van der Waals surface area contributed by atoms with Crippen molar-refractivity contribution < 1.29 is 9.72 Å². The Morgan fingerprint density at radius 1 is 1.47 bits per heavy atom. The fourth-order valence-electron chi connectivity index (χ4n) is 1.58. The van der Waals surface area contributed by atoms with E-state index in [9.17, 15) is 14.9 Å². The number of hydrogen-bond acceptors (Lipinski definition) is 5. The topological polar surface area (TPSA) is 116 Å². The predicted molar refractivity (Wildman–Crippen MR) is 68.7 cm³/mol. The van der Waals surface area contributed by atoms with Gasteiger partial charge >= 0.3 is 0 Å². The monoisotopic (exact) mass is 261 g/mol. The lowest BCUT2D eigenvalue weighted by Crippen LogP contribution is -2.15. The molecule has 0 radical (unpaired) electrons. The molecule has 0 unspecified atom stereocenters. The van der Waals surface area contributed by atoms with E-state index in [0.717, 1.165) is 0 Å². The minimum absolute atomic E-state index is 0.0415. The van der Waals surface area contributed by atoms with Gasteiger partial charge < -0.3 is 11.1 Å². The Morgan fingerprint density at radius 3 is 2.79 bits per heavy atom. The van der Waals surface area contributed by atoms with Crippen LogP contribution in [-0.4, -0.2) is 20.6 Å². The first-order valence-corrected chi connectivity index (χ1v) is 5.33. The average molecular weight is 261 g/mol. The zero-order valence-electron chi connectivity index (χ0n) is 10.0. The second-order valence-corrected chi connectivity index (χ2v) is 3.82. The highest BCUT2D eigenvalue weighted by Crippen LogP contribution is 2.25. The van der Waals surface area contributed by atoms with E-state index < -0.39 is 10.8 Å². The van der Waals surface area contributed by atoms with Crippen LogP contribution in [0.4, 0.5) is 17.2 Å². The lowest BCUT2D eigenvalue weighted by molar-refractivity contribution is -0.383. The lowest BCUT2D eigenvalue weighted by Gasteiger charge is -2.05. The van der Waals surface area contributed by atoms with Gasteiger partial charge in [0.15, 0.2) is 5.82 Å². The molecule has 0 aliphatic carbocycles. The molecule has 1 aromatic carbocycles. The molecule has 19 heavy (non-hydrogen) atoms. The van der Waals surface area contributed by atoms with E-state index in [0.29, 0.717) is 5.82 Å². The highest BCUT2D eigenvalue weighted by molar-refractivity contribution is 6.08. The first-order valence-electron chi connectivity index (χ1n) is 5.33. The van der Waals surface area contributed by atoms with Crippen LogP contribution in [0.25, 0.3) is 0 Å². The number of aryl methyl sites for hydroxylation is 1. The Balaban J connectivity index is 2.29. The SMILES string of the molecule is Cn1ccc(NC(=O)c2cccc([N+](=O)[O-])c2N)n1. The molecule has 0 aliphatic rings. The molecule has 0 atom stereocenters. The summed E-state index contributed by atoms with van der Waals surface area (Å²) < 4.78 is 1.52. The first-order chi connectivity index (χ1) is 8.99. The largest absolute Gasteiger partial charge is 0.393 e. The third-order valence-electron chi connectivity index (χ3n) is 2.48. The summed E-state index contributed by atoms with van der Waals surface area (Å²) in [5.74, 6) is -0.196. The van der Waals surface area contributed by atoms with Crippen LogP contribution >= 0.6 is 0 Å². The van der Waals surface area contributed by atoms with Crippen LogP contribution in [0.3, 0.4) is 0 Å². The number of para-hydroxylation sites is 1. The Labute approximate surface area is 108 Å². The molecule has 0 fully saturated rings. The molecule has 8 nitrogen and oxygen atoms in total. The van der Waals surface area contributed by atoms with Crippen molar-refractivity contribution in [1.82, 2.24) is 9.78 Å². The number of hydrogen-bond donors (Lipinski definition) is 2. The summed E-state index contributed by atoms with van der Waals surface area (Å²) in [6.45, 7) is 0. The zero-order valence-corrected chi connectivity index (χ0v) is 10.0. The number of nitrogens with one attached hydrogen (secondary N) is 1. The highest BCUT2D eigenvalue weighted by atomic mass is 16.6. The molecule has 0 saturated carbocycles. The average Bonchev–Trinajstić information content (AvgIpc) is 2.74. The number of rotatable bonds is 3. The molecule has 0 bridgehead atoms. The van der Waals surface area contributed by atoms with Gasteiger partial charge in [-0.05, 0) is 6.07 Å². The van der Waals surface area contributed by atoms with E-state index in [4.69, 9.17) is 5.73 Å². The number of nitrogens with zero attached hydrogens (tertiary/aromatic N) is 3. The number of nitro groups is 1. The summed E-state index contributed by atoms with van der Waals surface area (Å²) in [6.07, 6.45) is 1.66. The fourth-order valence-corrected chi connectivity index (χ4v) is 1.58. The molecule has 2 rings (SSSR count). The van der Waals surface area contributed by atoms with E-state index in [1.165, 1.54) is 22.9 Å². The van der Waals surface area contributed by atoms with Crippen molar-refractivity contribution in [2.45, 2.75) is 0 Å². The molecule has 8 heteroatoms. The van der Waals surface area contributed by atoms with Crippen LogP contribution in [0.15, 0.2) is 30.5 Å². The summed E-state index contributed by atoms with van der Waals surface area (Å²) in [7, 11) is 1.71. The van der Waals surface area contributed by atoms with E-state index >= 15 is 0 Å². The summed E-state index contributed by atoms with van der Waals surface area (Å²) in [5, 5.41) is 17.2. The Morgan fingerprint density at radius 2 is 2.21 bits per heavy atom. The fraction of sp³-hybridized carbons (Fsp3) is 0.0909. The van der Waals surface area contributed by atoms with Crippen molar-refractivity contribution in [1.29, 1.82) is 0 Å². The van der Waals surface area contributed by atoms with Crippen LogP contribution in [0.5, 0.6) is 0 Å². The van der Waals surface area contributed by atoms with Gasteiger partial charge in [-0.2, -0.15) is 5.10 Å². The van der Waals surface area contributed by atoms with Crippen LogP contribution < -0.4 is 11.1 Å². The third-order valence-corrected chi connectivity index (χ3v) is 2.48. The van der Waals surface area contributed by atoms with Gasteiger partial charge in [-0.15, -0.1) is 0 Å². The summed E-state index contributed by atoms with van der Waals surface area (Å²) in [4.78, 5) is 22.1. The van der Waals surface area contributed by atoms with Gasteiger partial charge in [0, 0.05) is 25.4 Å². The molecule has 1 aromatic heterocycles. The van der Waals surface area contributed by atoms with E-state index in [-0.39, 0.29) is 16.9 Å². The van der Waals surface area contributed by atoms with Gasteiger partial charge in [0.25, 0.3) is 11.6 Å². The third kappa shape index (κ3) is 2.51. The second kappa shape index (κ2) is 4.77. The number of nitro benzene ring substituents is 1. The second-order valence-electron chi connectivity index (χ2n) is 3.82. The van der Waals surface area contributed by atoms with Crippen LogP contribution in [0.1, 0.15) is 10.4 Å². The number of amides is 1. The maximum atomic E-state index is 12.0. The summed E-state index contributed by atoms with van der Waals surface area (Å²) in [5.41, 5.74) is 5.19. The molecule has 3 N–H and O–H groups in total. The summed E-state index contributed by atoms with van der Waals surface area (Å²) >= 11 is 0. The lowest BCUT2D eigenvalue weighted by atomic mass is 10.1. The van der Waals surface area contributed by atoms with Gasteiger partial charge in [-0.3, -0.25) is 19.6 Å².